The zero-order valence-electron chi connectivity index (χ0n) is 21.5. The Morgan fingerprint density at radius 2 is 1.85 bits per heavy atom. The molecule has 0 amide bonds. The Hall–Kier alpha value is -3.47. The molecule has 0 aliphatic heterocycles. The predicted molar refractivity (Wildman–Crippen MR) is 152 cm³/mol. The van der Waals surface area contributed by atoms with Gasteiger partial charge < -0.3 is 20.1 Å². The van der Waals surface area contributed by atoms with Crippen LogP contribution in [0.2, 0.25) is 5.02 Å². The van der Waals surface area contributed by atoms with E-state index in [0.29, 0.717) is 41.1 Å². The molecule has 0 spiro atoms. The molecule has 0 aliphatic rings. The Labute approximate surface area is 232 Å². The van der Waals surface area contributed by atoms with Crippen LogP contribution in [0.5, 0.6) is 11.5 Å². The normalized spacial score (nSPS) is 11.5. The lowest BCUT2D eigenvalue weighted by molar-refractivity contribution is 0.306. The number of hydrogen-bond acceptors (Lipinski definition) is 8. The van der Waals surface area contributed by atoms with Gasteiger partial charge in [-0.3, -0.25) is 0 Å². The third kappa shape index (κ3) is 9.05. The summed E-state index contributed by atoms with van der Waals surface area (Å²) in [6.07, 6.45) is 4.43. The number of sulfone groups is 1. The minimum atomic E-state index is -2.94. The topological polar surface area (TPSA) is 102 Å². The van der Waals surface area contributed by atoms with Gasteiger partial charge in [0.15, 0.2) is 0 Å². The van der Waals surface area contributed by atoms with Crippen LogP contribution in [0.1, 0.15) is 18.4 Å². The average Bonchev–Trinajstić information content (AvgIpc) is 2.89. The molecular weight excluding hydrogens is 543 g/mol. The summed E-state index contributed by atoms with van der Waals surface area (Å²) in [6.45, 7) is 1.94. The van der Waals surface area contributed by atoms with E-state index >= 15 is 0 Å². The summed E-state index contributed by atoms with van der Waals surface area (Å²) in [6, 6.07) is 17.2. The van der Waals surface area contributed by atoms with Crippen LogP contribution in [0.15, 0.2) is 67.0 Å². The van der Waals surface area contributed by atoms with Crippen molar-refractivity contribution in [2.24, 2.45) is 0 Å². The molecule has 1 aromatic heterocycles. The molecule has 0 saturated heterocycles. The predicted octanol–water partition coefficient (Wildman–Crippen LogP) is 5.54. The number of ether oxygens (including phenoxy) is 2. The van der Waals surface area contributed by atoms with Gasteiger partial charge in [0.2, 0.25) is 0 Å². The molecule has 0 unspecified atom stereocenters. The highest BCUT2D eigenvalue weighted by Crippen LogP contribution is 2.31. The van der Waals surface area contributed by atoms with E-state index in [1.54, 1.807) is 24.3 Å². The molecule has 0 atom stereocenters. The van der Waals surface area contributed by atoms with Gasteiger partial charge in [-0.1, -0.05) is 23.7 Å². The molecule has 0 fully saturated rings. The first-order valence-corrected chi connectivity index (χ1v) is 14.9. The molecule has 0 saturated carbocycles. The summed E-state index contributed by atoms with van der Waals surface area (Å²) >= 11 is 6.43. The summed E-state index contributed by atoms with van der Waals surface area (Å²) in [4.78, 5) is 8.75. The smallest absolute Gasteiger partial charge is 0.148 e. The maximum absolute atomic E-state index is 13.4. The first kappa shape index (κ1) is 28.5. The van der Waals surface area contributed by atoms with Crippen molar-refractivity contribution in [1.29, 1.82) is 0 Å². The van der Waals surface area contributed by atoms with Gasteiger partial charge in [0.05, 0.1) is 22.9 Å². The lowest BCUT2D eigenvalue weighted by atomic mass is 10.2. The standard InChI is InChI=1S/C28H30ClFN4O4S/c1-39(35,36)14-12-31-11-2-3-13-37-23-8-9-24-26(17-23)32-19-33-28(24)34-22-7-10-27(25(29)16-22)38-18-20-5-4-6-21(30)15-20/h4-10,15-17,19,31H,2-3,11-14,18H2,1H3,(H,32,33,34). The van der Waals surface area contributed by atoms with Crippen LogP contribution < -0.4 is 20.1 Å². The maximum Gasteiger partial charge on any atom is 0.148 e. The van der Waals surface area contributed by atoms with Crippen molar-refractivity contribution in [2.75, 3.05) is 37.0 Å². The summed E-state index contributed by atoms with van der Waals surface area (Å²) in [5.74, 6) is 1.65. The van der Waals surface area contributed by atoms with E-state index < -0.39 is 9.84 Å². The molecule has 0 aliphatic carbocycles. The molecule has 206 valence electrons. The monoisotopic (exact) mass is 572 g/mol. The molecular formula is C28H30ClFN4O4S. The summed E-state index contributed by atoms with van der Waals surface area (Å²) in [5.41, 5.74) is 2.17. The highest BCUT2D eigenvalue weighted by molar-refractivity contribution is 7.90. The van der Waals surface area contributed by atoms with Crippen LogP contribution in [0.4, 0.5) is 15.9 Å². The quantitative estimate of drug-likeness (QED) is 0.190. The Balaban J connectivity index is 1.30. The Morgan fingerprint density at radius 1 is 0.974 bits per heavy atom. The number of nitrogens with one attached hydrogen (secondary N) is 2. The fraction of sp³-hybridized carbons (Fsp3) is 0.286. The average molecular weight is 573 g/mol. The van der Waals surface area contributed by atoms with Crippen molar-refractivity contribution in [3.63, 3.8) is 0 Å². The highest BCUT2D eigenvalue weighted by atomic mass is 35.5. The minimum absolute atomic E-state index is 0.143. The van der Waals surface area contributed by atoms with Gasteiger partial charge in [-0.25, -0.2) is 22.8 Å². The van der Waals surface area contributed by atoms with Crippen molar-refractivity contribution in [2.45, 2.75) is 19.4 Å². The van der Waals surface area contributed by atoms with Crippen molar-refractivity contribution in [1.82, 2.24) is 15.3 Å². The molecule has 1 heterocycles. The van der Waals surface area contributed by atoms with Gasteiger partial charge >= 0.3 is 0 Å². The van der Waals surface area contributed by atoms with Crippen LogP contribution in [0.3, 0.4) is 0 Å². The first-order valence-electron chi connectivity index (χ1n) is 12.5. The number of halogens is 2. The fourth-order valence-corrected chi connectivity index (χ4v) is 4.52. The van der Waals surface area contributed by atoms with E-state index in [1.165, 1.54) is 24.7 Å². The van der Waals surface area contributed by atoms with Gasteiger partial charge in [-0.2, -0.15) is 0 Å². The van der Waals surface area contributed by atoms with Crippen LogP contribution in [0, 0.1) is 5.82 Å². The number of fused-ring (bicyclic) bond motifs is 1. The molecule has 2 N–H and O–H groups in total. The molecule has 0 bridgehead atoms. The van der Waals surface area contributed by atoms with Gasteiger partial charge in [-0.05, 0) is 67.4 Å². The number of rotatable bonds is 14. The number of hydrogen-bond donors (Lipinski definition) is 2. The number of benzene rings is 3. The number of anilines is 2. The zero-order valence-corrected chi connectivity index (χ0v) is 23.1. The van der Waals surface area contributed by atoms with Crippen LogP contribution in [-0.4, -0.2) is 50.1 Å². The molecule has 39 heavy (non-hydrogen) atoms. The van der Waals surface area contributed by atoms with E-state index in [0.717, 1.165) is 36.0 Å². The fourth-order valence-electron chi connectivity index (χ4n) is 3.77. The number of nitrogens with zero attached hydrogens (tertiary/aromatic N) is 2. The Bertz CT molecular complexity index is 1520. The van der Waals surface area contributed by atoms with Crippen LogP contribution >= 0.6 is 11.6 Å². The lowest BCUT2D eigenvalue weighted by Gasteiger charge is -2.12. The Kier molecular flexibility index (Phi) is 9.91. The van der Waals surface area contributed by atoms with Gasteiger partial charge in [0.25, 0.3) is 0 Å². The first-order chi connectivity index (χ1) is 18.8. The van der Waals surface area contributed by atoms with E-state index in [4.69, 9.17) is 21.1 Å². The molecule has 3 aromatic carbocycles. The Morgan fingerprint density at radius 3 is 2.64 bits per heavy atom. The molecule has 11 heteroatoms. The summed E-state index contributed by atoms with van der Waals surface area (Å²) in [7, 11) is -2.94. The second-order valence-corrected chi connectivity index (χ2v) is 11.7. The summed E-state index contributed by atoms with van der Waals surface area (Å²) in [5, 5.41) is 7.64. The number of unbranched alkanes of at least 4 members (excludes halogenated alkanes) is 1. The van der Waals surface area contributed by atoms with Crippen molar-refractivity contribution < 1.29 is 22.3 Å². The third-order valence-electron chi connectivity index (χ3n) is 5.75. The van der Waals surface area contributed by atoms with Gasteiger partial charge in [0, 0.05) is 29.9 Å². The zero-order chi connectivity index (χ0) is 27.7. The largest absolute Gasteiger partial charge is 0.494 e. The molecule has 8 nitrogen and oxygen atoms in total. The van der Waals surface area contributed by atoms with Crippen molar-refractivity contribution >= 4 is 43.8 Å². The van der Waals surface area contributed by atoms with E-state index in [9.17, 15) is 12.8 Å². The van der Waals surface area contributed by atoms with E-state index in [2.05, 4.69) is 20.6 Å². The second-order valence-electron chi connectivity index (χ2n) is 9.03. The minimum Gasteiger partial charge on any atom is -0.494 e. The lowest BCUT2D eigenvalue weighted by Crippen LogP contribution is -2.23. The molecule has 0 radical (unpaired) electrons. The van der Waals surface area contributed by atoms with Crippen molar-refractivity contribution in [3.8, 4) is 11.5 Å². The van der Waals surface area contributed by atoms with E-state index in [1.807, 2.05) is 24.3 Å². The summed E-state index contributed by atoms with van der Waals surface area (Å²) < 4.78 is 47.3. The molecule has 4 rings (SSSR count). The second kappa shape index (κ2) is 13.5. The van der Waals surface area contributed by atoms with Gasteiger partial charge in [0.1, 0.15) is 45.9 Å². The number of aromatic nitrogens is 2. The molecule has 4 aromatic rings. The van der Waals surface area contributed by atoms with Crippen LogP contribution in [0.25, 0.3) is 10.9 Å². The van der Waals surface area contributed by atoms with Crippen molar-refractivity contribution in [3.05, 3.63) is 83.4 Å². The maximum atomic E-state index is 13.4. The van der Waals surface area contributed by atoms with Gasteiger partial charge in [-0.15, -0.1) is 0 Å². The highest BCUT2D eigenvalue weighted by Gasteiger charge is 2.09. The third-order valence-corrected chi connectivity index (χ3v) is 6.99. The van der Waals surface area contributed by atoms with Crippen LogP contribution in [-0.2, 0) is 16.4 Å². The van der Waals surface area contributed by atoms with E-state index in [-0.39, 0.29) is 18.2 Å². The SMILES string of the molecule is CS(=O)(=O)CCNCCCCOc1ccc2c(Nc3ccc(OCc4cccc(F)c4)c(Cl)c3)ncnc2c1.